The van der Waals surface area contributed by atoms with Crippen molar-refractivity contribution in [1.82, 2.24) is 10.3 Å². The summed E-state index contributed by atoms with van der Waals surface area (Å²) in [6.45, 7) is 8.94. The van der Waals surface area contributed by atoms with Crippen LogP contribution >= 0.6 is 11.3 Å². The molecule has 0 saturated carbocycles. The van der Waals surface area contributed by atoms with Crippen molar-refractivity contribution in [3.8, 4) is 0 Å². The van der Waals surface area contributed by atoms with Gasteiger partial charge in [0.1, 0.15) is 0 Å². The van der Waals surface area contributed by atoms with Gasteiger partial charge >= 0.3 is 0 Å². The molecule has 3 heteroatoms. The number of thiazole rings is 1. The summed E-state index contributed by atoms with van der Waals surface area (Å²) in [4.78, 5) is 4.33. The number of nitrogens with zero attached hydrogens (tertiary/aromatic N) is 1. The van der Waals surface area contributed by atoms with Crippen LogP contribution in [-0.2, 0) is 6.42 Å². The number of nitrogens with one attached hydrogen (secondary N) is 1. The van der Waals surface area contributed by atoms with E-state index in [1.165, 1.54) is 11.4 Å². The standard InChI is InChI=1S/C11H20N2S/c1-4-12-6-5-11(2,3)9-10-13-7-8-14-10/h7-8,12H,4-6,9H2,1-3H3. The molecule has 0 atom stereocenters. The van der Waals surface area contributed by atoms with Gasteiger partial charge in [-0.3, -0.25) is 0 Å². The Hall–Kier alpha value is -0.410. The Bertz CT molecular complexity index is 242. The van der Waals surface area contributed by atoms with Crippen LogP contribution in [0.1, 0.15) is 32.2 Å². The molecule has 1 rings (SSSR count). The van der Waals surface area contributed by atoms with E-state index in [2.05, 4.69) is 36.5 Å². The molecule has 0 aromatic carbocycles. The Morgan fingerprint density at radius 1 is 1.50 bits per heavy atom. The highest BCUT2D eigenvalue weighted by atomic mass is 32.1. The molecule has 1 aromatic heterocycles. The highest BCUT2D eigenvalue weighted by Gasteiger charge is 2.18. The van der Waals surface area contributed by atoms with E-state index in [0.29, 0.717) is 5.41 Å². The van der Waals surface area contributed by atoms with E-state index in [-0.39, 0.29) is 0 Å². The molecule has 0 spiro atoms. The highest BCUT2D eigenvalue weighted by Crippen LogP contribution is 2.26. The average Bonchev–Trinajstić information content (AvgIpc) is 2.56. The van der Waals surface area contributed by atoms with E-state index in [9.17, 15) is 0 Å². The Labute approximate surface area is 90.8 Å². The first-order chi connectivity index (χ1) is 6.64. The first kappa shape index (κ1) is 11.7. The third-order valence-electron chi connectivity index (χ3n) is 2.34. The van der Waals surface area contributed by atoms with Gasteiger partial charge < -0.3 is 5.32 Å². The van der Waals surface area contributed by atoms with Gasteiger partial charge in [0.05, 0.1) is 5.01 Å². The maximum Gasteiger partial charge on any atom is 0.0930 e. The molecule has 14 heavy (non-hydrogen) atoms. The van der Waals surface area contributed by atoms with Gasteiger partial charge in [0.2, 0.25) is 0 Å². The van der Waals surface area contributed by atoms with Crippen molar-refractivity contribution in [2.75, 3.05) is 13.1 Å². The van der Waals surface area contributed by atoms with Gasteiger partial charge in [0.15, 0.2) is 0 Å². The summed E-state index contributed by atoms with van der Waals surface area (Å²) in [5.41, 5.74) is 0.361. The van der Waals surface area contributed by atoms with Crippen LogP contribution in [0.4, 0.5) is 0 Å². The van der Waals surface area contributed by atoms with Crippen LogP contribution in [0.3, 0.4) is 0 Å². The van der Waals surface area contributed by atoms with Crippen molar-refractivity contribution in [1.29, 1.82) is 0 Å². The second-order valence-corrected chi connectivity index (χ2v) is 5.35. The third kappa shape index (κ3) is 4.20. The molecule has 0 amide bonds. The molecule has 2 nitrogen and oxygen atoms in total. The molecule has 0 aliphatic carbocycles. The first-order valence-electron chi connectivity index (χ1n) is 5.23. The Morgan fingerprint density at radius 2 is 2.29 bits per heavy atom. The van der Waals surface area contributed by atoms with Gasteiger partial charge in [-0.2, -0.15) is 0 Å². The average molecular weight is 212 g/mol. The molecule has 0 saturated heterocycles. The molecule has 0 radical (unpaired) electrons. The molecular weight excluding hydrogens is 192 g/mol. The second kappa shape index (κ2) is 5.47. The number of aromatic nitrogens is 1. The van der Waals surface area contributed by atoms with Crippen LogP contribution in [0.25, 0.3) is 0 Å². The number of hydrogen-bond acceptors (Lipinski definition) is 3. The Kier molecular flexibility index (Phi) is 4.55. The first-order valence-corrected chi connectivity index (χ1v) is 6.11. The molecule has 1 N–H and O–H groups in total. The summed E-state index contributed by atoms with van der Waals surface area (Å²) in [5.74, 6) is 0. The molecule has 0 unspecified atom stereocenters. The van der Waals surface area contributed by atoms with Gasteiger partial charge in [-0.1, -0.05) is 20.8 Å². The minimum Gasteiger partial charge on any atom is -0.317 e. The number of rotatable bonds is 6. The fraction of sp³-hybridized carbons (Fsp3) is 0.727. The molecule has 80 valence electrons. The topological polar surface area (TPSA) is 24.9 Å². The van der Waals surface area contributed by atoms with Crippen molar-refractivity contribution in [2.45, 2.75) is 33.6 Å². The minimum atomic E-state index is 0.361. The molecule has 0 fully saturated rings. The molecular formula is C11H20N2S. The van der Waals surface area contributed by atoms with Crippen molar-refractivity contribution < 1.29 is 0 Å². The maximum absolute atomic E-state index is 4.33. The monoisotopic (exact) mass is 212 g/mol. The molecule has 0 bridgehead atoms. The zero-order valence-corrected chi connectivity index (χ0v) is 10.2. The van der Waals surface area contributed by atoms with Crippen LogP contribution in [0.2, 0.25) is 0 Å². The lowest BCUT2D eigenvalue weighted by atomic mass is 9.86. The van der Waals surface area contributed by atoms with Crippen molar-refractivity contribution >= 4 is 11.3 Å². The van der Waals surface area contributed by atoms with E-state index in [1.54, 1.807) is 11.3 Å². The van der Waals surface area contributed by atoms with E-state index in [4.69, 9.17) is 0 Å². The smallest absolute Gasteiger partial charge is 0.0930 e. The molecule has 1 heterocycles. The fourth-order valence-electron chi connectivity index (χ4n) is 1.44. The van der Waals surface area contributed by atoms with Gasteiger partial charge in [0.25, 0.3) is 0 Å². The lowest BCUT2D eigenvalue weighted by Crippen LogP contribution is -2.23. The predicted molar refractivity (Wildman–Crippen MR) is 62.8 cm³/mol. The van der Waals surface area contributed by atoms with Crippen molar-refractivity contribution in [3.63, 3.8) is 0 Å². The van der Waals surface area contributed by atoms with E-state index >= 15 is 0 Å². The van der Waals surface area contributed by atoms with Gasteiger partial charge in [-0.25, -0.2) is 4.98 Å². The van der Waals surface area contributed by atoms with Crippen LogP contribution in [0.15, 0.2) is 11.6 Å². The van der Waals surface area contributed by atoms with Gasteiger partial charge in [-0.05, 0) is 24.9 Å². The molecule has 1 aromatic rings. The summed E-state index contributed by atoms with van der Waals surface area (Å²) < 4.78 is 0. The van der Waals surface area contributed by atoms with Crippen LogP contribution in [-0.4, -0.2) is 18.1 Å². The maximum atomic E-state index is 4.33. The highest BCUT2D eigenvalue weighted by molar-refractivity contribution is 7.09. The van der Waals surface area contributed by atoms with Gasteiger partial charge in [0, 0.05) is 18.0 Å². The van der Waals surface area contributed by atoms with E-state index in [0.717, 1.165) is 19.5 Å². The van der Waals surface area contributed by atoms with E-state index < -0.39 is 0 Å². The van der Waals surface area contributed by atoms with Crippen LogP contribution in [0, 0.1) is 5.41 Å². The summed E-state index contributed by atoms with van der Waals surface area (Å²) >= 11 is 1.76. The van der Waals surface area contributed by atoms with Crippen molar-refractivity contribution in [2.24, 2.45) is 5.41 Å². The Balaban J connectivity index is 2.33. The van der Waals surface area contributed by atoms with Gasteiger partial charge in [-0.15, -0.1) is 11.3 Å². The Morgan fingerprint density at radius 3 is 2.86 bits per heavy atom. The molecule has 0 aliphatic rings. The second-order valence-electron chi connectivity index (χ2n) is 4.37. The fourth-order valence-corrected chi connectivity index (χ4v) is 2.32. The molecule has 0 aliphatic heterocycles. The summed E-state index contributed by atoms with van der Waals surface area (Å²) in [7, 11) is 0. The largest absolute Gasteiger partial charge is 0.317 e. The quantitative estimate of drug-likeness (QED) is 0.733. The minimum absolute atomic E-state index is 0.361. The van der Waals surface area contributed by atoms with Crippen LogP contribution < -0.4 is 5.32 Å². The normalized spacial score (nSPS) is 11.9. The summed E-state index contributed by atoms with van der Waals surface area (Å²) in [5, 5.41) is 6.67. The number of hydrogen-bond donors (Lipinski definition) is 1. The summed E-state index contributed by atoms with van der Waals surface area (Å²) in [6.07, 6.45) is 4.19. The van der Waals surface area contributed by atoms with Crippen molar-refractivity contribution in [3.05, 3.63) is 16.6 Å². The van der Waals surface area contributed by atoms with Crippen LogP contribution in [0.5, 0.6) is 0 Å². The SMILES string of the molecule is CCNCCC(C)(C)Cc1nccs1. The zero-order valence-electron chi connectivity index (χ0n) is 9.34. The van der Waals surface area contributed by atoms with E-state index in [1.807, 2.05) is 6.20 Å². The zero-order chi connectivity index (χ0) is 10.4. The lowest BCUT2D eigenvalue weighted by molar-refractivity contribution is 0.326. The lowest BCUT2D eigenvalue weighted by Gasteiger charge is -2.23. The third-order valence-corrected chi connectivity index (χ3v) is 3.12. The predicted octanol–water partition coefficient (Wildman–Crippen LogP) is 2.71. The summed E-state index contributed by atoms with van der Waals surface area (Å²) in [6, 6.07) is 0.